The number of nitrogens with zero attached hydrogens (tertiary/aromatic N) is 2. The highest BCUT2D eigenvalue weighted by Crippen LogP contribution is 2.40. The molecule has 1 unspecified atom stereocenters. The second kappa shape index (κ2) is 9.07. The molecular weight excluding hydrogens is 388 g/mol. The molecule has 3 aromatic rings. The average molecular weight is 415 g/mol. The summed E-state index contributed by atoms with van der Waals surface area (Å²) in [5.41, 5.74) is 10.6. The van der Waals surface area contributed by atoms with Crippen LogP contribution in [0.25, 0.3) is 11.3 Å². The number of benzene rings is 2. The minimum Gasteiger partial charge on any atom is -0.507 e. The van der Waals surface area contributed by atoms with Crippen molar-refractivity contribution in [1.82, 2.24) is 10.3 Å². The van der Waals surface area contributed by atoms with Crippen molar-refractivity contribution >= 4 is 5.82 Å². The van der Waals surface area contributed by atoms with E-state index in [1.54, 1.807) is 12.1 Å². The van der Waals surface area contributed by atoms with E-state index >= 15 is 0 Å². The Kier molecular flexibility index (Phi) is 6.06. The van der Waals surface area contributed by atoms with Crippen molar-refractivity contribution < 1.29 is 9.84 Å². The fourth-order valence-corrected chi connectivity index (χ4v) is 4.13. The van der Waals surface area contributed by atoms with E-state index in [0.717, 1.165) is 42.6 Å². The van der Waals surface area contributed by atoms with Gasteiger partial charge in [-0.2, -0.15) is 5.26 Å². The van der Waals surface area contributed by atoms with Gasteiger partial charge in [0.05, 0.1) is 16.8 Å². The van der Waals surface area contributed by atoms with E-state index in [1.165, 1.54) is 0 Å². The number of anilines is 1. The van der Waals surface area contributed by atoms with Gasteiger partial charge in [-0.05, 0) is 61.6 Å². The predicted octanol–water partition coefficient (Wildman–Crippen LogP) is 4.26. The molecular formula is C25H26N4O2. The SMILES string of the molecule is Cc1cccc(COc2cccc(O)c2-c2cc(C3CCCNC3)c(C#N)c(N)n2)c1. The normalized spacial score (nSPS) is 15.9. The quantitative estimate of drug-likeness (QED) is 0.576. The molecule has 0 saturated carbocycles. The van der Waals surface area contributed by atoms with Crippen LogP contribution in [-0.4, -0.2) is 23.2 Å². The molecule has 2 heterocycles. The third-order valence-corrected chi connectivity index (χ3v) is 5.66. The molecule has 0 aliphatic carbocycles. The first-order valence-corrected chi connectivity index (χ1v) is 10.5. The van der Waals surface area contributed by atoms with E-state index < -0.39 is 0 Å². The number of hydrogen-bond acceptors (Lipinski definition) is 6. The lowest BCUT2D eigenvalue weighted by atomic mass is 9.88. The van der Waals surface area contributed by atoms with Gasteiger partial charge in [0, 0.05) is 6.54 Å². The second-order valence-corrected chi connectivity index (χ2v) is 7.94. The van der Waals surface area contributed by atoms with Gasteiger partial charge in [0.25, 0.3) is 0 Å². The first-order valence-electron chi connectivity index (χ1n) is 10.5. The van der Waals surface area contributed by atoms with Crippen molar-refractivity contribution in [3.8, 4) is 28.8 Å². The molecule has 31 heavy (non-hydrogen) atoms. The monoisotopic (exact) mass is 414 g/mol. The summed E-state index contributed by atoms with van der Waals surface area (Å²) in [6.45, 7) is 4.16. The van der Waals surface area contributed by atoms with Gasteiger partial charge in [-0.1, -0.05) is 35.9 Å². The summed E-state index contributed by atoms with van der Waals surface area (Å²) in [6.07, 6.45) is 2.01. The van der Waals surface area contributed by atoms with Crippen molar-refractivity contribution in [1.29, 1.82) is 5.26 Å². The maximum absolute atomic E-state index is 10.7. The zero-order valence-electron chi connectivity index (χ0n) is 17.6. The fourth-order valence-electron chi connectivity index (χ4n) is 4.13. The van der Waals surface area contributed by atoms with Crippen LogP contribution < -0.4 is 15.8 Å². The summed E-state index contributed by atoms with van der Waals surface area (Å²) in [5.74, 6) is 0.931. The number of aromatic hydroxyl groups is 1. The Bertz CT molecular complexity index is 1130. The Balaban J connectivity index is 1.73. The molecule has 4 rings (SSSR count). The number of phenolic OH excluding ortho intramolecular Hbond substituents is 1. The Morgan fingerprint density at radius 1 is 1.26 bits per heavy atom. The molecule has 0 bridgehead atoms. The number of ether oxygens (including phenoxy) is 1. The van der Waals surface area contributed by atoms with Crippen molar-refractivity contribution in [2.24, 2.45) is 0 Å². The Labute approximate surface area is 182 Å². The lowest BCUT2D eigenvalue weighted by Gasteiger charge is -2.25. The number of nitrogens with two attached hydrogens (primary N) is 1. The summed E-state index contributed by atoms with van der Waals surface area (Å²) in [7, 11) is 0. The van der Waals surface area contributed by atoms with Crippen LogP contribution >= 0.6 is 0 Å². The molecule has 0 radical (unpaired) electrons. The summed E-state index contributed by atoms with van der Waals surface area (Å²) in [4.78, 5) is 4.46. The molecule has 1 aliphatic heterocycles. The van der Waals surface area contributed by atoms with Crippen LogP contribution in [-0.2, 0) is 6.61 Å². The van der Waals surface area contributed by atoms with Crippen LogP contribution in [0.5, 0.6) is 11.5 Å². The van der Waals surface area contributed by atoms with E-state index in [-0.39, 0.29) is 17.5 Å². The number of pyridine rings is 1. The van der Waals surface area contributed by atoms with E-state index in [2.05, 4.69) is 22.4 Å². The lowest BCUT2D eigenvalue weighted by Crippen LogP contribution is -2.29. The number of nitriles is 1. The van der Waals surface area contributed by atoms with E-state index in [0.29, 0.717) is 29.2 Å². The molecule has 6 nitrogen and oxygen atoms in total. The molecule has 6 heteroatoms. The maximum atomic E-state index is 10.7. The molecule has 0 spiro atoms. The predicted molar refractivity (Wildman–Crippen MR) is 121 cm³/mol. The first-order chi connectivity index (χ1) is 15.1. The highest BCUT2D eigenvalue weighted by Gasteiger charge is 2.23. The smallest absolute Gasteiger partial charge is 0.142 e. The van der Waals surface area contributed by atoms with Gasteiger partial charge in [0.2, 0.25) is 0 Å². The van der Waals surface area contributed by atoms with Crippen molar-refractivity contribution in [3.05, 3.63) is 70.8 Å². The van der Waals surface area contributed by atoms with Crippen LogP contribution in [0.3, 0.4) is 0 Å². The highest BCUT2D eigenvalue weighted by atomic mass is 16.5. The number of phenols is 1. The Morgan fingerprint density at radius 2 is 2.10 bits per heavy atom. The topological polar surface area (TPSA) is 104 Å². The van der Waals surface area contributed by atoms with Crippen LogP contribution in [0.15, 0.2) is 48.5 Å². The van der Waals surface area contributed by atoms with Gasteiger partial charge < -0.3 is 20.9 Å². The van der Waals surface area contributed by atoms with Gasteiger partial charge in [0.15, 0.2) is 0 Å². The van der Waals surface area contributed by atoms with E-state index in [9.17, 15) is 10.4 Å². The molecule has 1 aliphatic rings. The number of hydrogen-bond donors (Lipinski definition) is 3. The molecule has 4 N–H and O–H groups in total. The second-order valence-electron chi connectivity index (χ2n) is 7.94. The largest absolute Gasteiger partial charge is 0.507 e. The van der Waals surface area contributed by atoms with E-state index in [1.807, 2.05) is 37.3 Å². The zero-order valence-corrected chi connectivity index (χ0v) is 17.6. The molecule has 0 amide bonds. The van der Waals surface area contributed by atoms with E-state index in [4.69, 9.17) is 10.5 Å². The average Bonchev–Trinajstić information content (AvgIpc) is 2.78. The highest BCUT2D eigenvalue weighted by molar-refractivity contribution is 5.76. The first kappa shape index (κ1) is 20.7. The van der Waals surface area contributed by atoms with Crippen molar-refractivity contribution in [3.63, 3.8) is 0 Å². The van der Waals surface area contributed by atoms with Crippen molar-refractivity contribution in [2.45, 2.75) is 32.3 Å². The minimum atomic E-state index is 0.0612. The van der Waals surface area contributed by atoms with Gasteiger partial charge in [0.1, 0.15) is 30.0 Å². The molecule has 1 saturated heterocycles. The fraction of sp³-hybridized carbons (Fsp3) is 0.280. The minimum absolute atomic E-state index is 0.0612. The number of aryl methyl sites for hydroxylation is 1. The molecule has 2 aromatic carbocycles. The van der Waals surface area contributed by atoms with Gasteiger partial charge in [-0.25, -0.2) is 4.98 Å². The number of rotatable bonds is 5. The Morgan fingerprint density at radius 3 is 2.84 bits per heavy atom. The summed E-state index contributed by atoms with van der Waals surface area (Å²) in [5, 5.41) is 23.7. The lowest BCUT2D eigenvalue weighted by molar-refractivity contribution is 0.306. The van der Waals surface area contributed by atoms with Gasteiger partial charge in [-0.3, -0.25) is 0 Å². The number of piperidine rings is 1. The van der Waals surface area contributed by atoms with Crippen LogP contribution in [0, 0.1) is 18.3 Å². The van der Waals surface area contributed by atoms with Crippen LogP contribution in [0.4, 0.5) is 5.82 Å². The van der Waals surface area contributed by atoms with Crippen LogP contribution in [0.2, 0.25) is 0 Å². The van der Waals surface area contributed by atoms with Gasteiger partial charge in [-0.15, -0.1) is 0 Å². The van der Waals surface area contributed by atoms with Gasteiger partial charge >= 0.3 is 0 Å². The standard InChI is InChI=1S/C25H26N4O2/c1-16-5-2-6-17(11-16)15-31-23-9-3-8-22(30)24(23)21-12-19(18-7-4-10-28-14-18)20(13-26)25(27)29-21/h2-3,5-6,8-9,11-12,18,28,30H,4,7,10,14-15H2,1H3,(H2,27,29). The summed E-state index contributed by atoms with van der Waals surface area (Å²) < 4.78 is 6.08. The molecule has 1 fully saturated rings. The zero-order chi connectivity index (χ0) is 21.8. The molecule has 1 atom stereocenters. The van der Waals surface area contributed by atoms with Crippen LogP contribution in [0.1, 0.15) is 41.0 Å². The summed E-state index contributed by atoms with van der Waals surface area (Å²) >= 11 is 0. The third-order valence-electron chi connectivity index (χ3n) is 5.66. The number of nitrogens with one attached hydrogen (secondary N) is 1. The Hall–Kier alpha value is -3.56. The number of nitrogen functional groups attached to an aromatic ring is 1. The maximum Gasteiger partial charge on any atom is 0.142 e. The number of aromatic nitrogens is 1. The third kappa shape index (κ3) is 4.47. The van der Waals surface area contributed by atoms with Crippen molar-refractivity contribution in [2.75, 3.05) is 18.8 Å². The molecule has 1 aromatic heterocycles. The molecule has 158 valence electrons. The summed E-state index contributed by atoms with van der Waals surface area (Å²) in [6, 6.07) is 17.3.